The van der Waals surface area contributed by atoms with E-state index in [1.54, 1.807) is 15.4 Å². The monoisotopic (exact) mass is 388 g/mol. The quantitative estimate of drug-likeness (QED) is 0.515. The Morgan fingerprint density at radius 2 is 1.69 bits per heavy atom. The van der Waals surface area contributed by atoms with E-state index in [0.717, 1.165) is 17.1 Å². The minimum Gasteiger partial charge on any atom is -0.494 e. The maximum atomic E-state index is 13.3. The summed E-state index contributed by atoms with van der Waals surface area (Å²) in [7, 11) is 0. The van der Waals surface area contributed by atoms with Crippen LogP contribution >= 0.6 is 0 Å². The van der Waals surface area contributed by atoms with E-state index in [9.17, 15) is 4.79 Å². The van der Waals surface area contributed by atoms with Crippen LogP contribution in [0.5, 0.6) is 5.75 Å². The third-order valence-electron chi connectivity index (χ3n) is 5.13. The van der Waals surface area contributed by atoms with Crippen molar-refractivity contribution in [3.05, 3.63) is 76.0 Å². The molecule has 0 unspecified atom stereocenters. The number of aryl methyl sites for hydroxylation is 3. The van der Waals surface area contributed by atoms with E-state index in [-0.39, 0.29) is 5.56 Å². The number of hydrogen-bond acceptors (Lipinski definition) is 4. The molecule has 4 rings (SSSR count). The second kappa shape index (κ2) is 7.54. The summed E-state index contributed by atoms with van der Waals surface area (Å²) >= 11 is 0. The van der Waals surface area contributed by atoms with Gasteiger partial charge in [-0.2, -0.15) is 5.10 Å². The molecule has 6 heteroatoms. The van der Waals surface area contributed by atoms with Crippen molar-refractivity contribution in [3.8, 4) is 17.1 Å². The Morgan fingerprint density at radius 3 is 2.34 bits per heavy atom. The molecule has 148 valence electrons. The summed E-state index contributed by atoms with van der Waals surface area (Å²) in [5.74, 6) is 1.47. The Morgan fingerprint density at radius 1 is 0.966 bits per heavy atom. The molecular weight excluding hydrogens is 364 g/mol. The average Bonchev–Trinajstić information content (AvgIpc) is 3.15. The minimum atomic E-state index is -0.119. The molecule has 4 aromatic rings. The van der Waals surface area contributed by atoms with Crippen LogP contribution in [0.2, 0.25) is 0 Å². The lowest BCUT2D eigenvalue weighted by molar-refractivity contribution is 0.340. The molecule has 0 radical (unpaired) electrons. The van der Waals surface area contributed by atoms with Crippen molar-refractivity contribution >= 4 is 11.0 Å². The summed E-state index contributed by atoms with van der Waals surface area (Å²) < 4.78 is 8.91. The Kier molecular flexibility index (Phi) is 4.92. The van der Waals surface area contributed by atoms with Gasteiger partial charge in [0.15, 0.2) is 5.65 Å². The molecule has 0 saturated heterocycles. The van der Waals surface area contributed by atoms with Crippen molar-refractivity contribution in [2.24, 2.45) is 0 Å². The SMILES string of the molecule is CCOc1ccc(-n2c(CC)nc3c(cnn3-c3ccc(C)c(C)c3)c2=O)cc1. The Hall–Kier alpha value is -3.41. The van der Waals surface area contributed by atoms with Crippen LogP contribution in [-0.4, -0.2) is 25.9 Å². The fourth-order valence-electron chi connectivity index (χ4n) is 3.42. The molecule has 6 nitrogen and oxygen atoms in total. The lowest BCUT2D eigenvalue weighted by Crippen LogP contribution is -2.23. The van der Waals surface area contributed by atoms with Crippen LogP contribution in [0.25, 0.3) is 22.4 Å². The van der Waals surface area contributed by atoms with Gasteiger partial charge in [-0.3, -0.25) is 9.36 Å². The lowest BCUT2D eigenvalue weighted by atomic mass is 10.1. The molecule has 0 bridgehead atoms. The zero-order chi connectivity index (χ0) is 20.5. The molecule has 29 heavy (non-hydrogen) atoms. The van der Waals surface area contributed by atoms with Gasteiger partial charge < -0.3 is 4.74 Å². The fourth-order valence-corrected chi connectivity index (χ4v) is 3.42. The number of nitrogens with zero attached hydrogens (tertiary/aromatic N) is 4. The highest BCUT2D eigenvalue weighted by molar-refractivity contribution is 5.76. The zero-order valence-electron chi connectivity index (χ0n) is 17.1. The average molecular weight is 388 g/mol. The van der Waals surface area contributed by atoms with Gasteiger partial charge >= 0.3 is 0 Å². The van der Waals surface area contributed by atoms with Crippen LogP contribution in [0.1, 0.15) is 30.8 Å². The van der Waals surface area contributed by atoms with Gasteiger partial charge in [0, 0.05) is 6.42 Å². The van der Waals surface area contributed by atoms with Gasteiger partial charge in [0.05, 0.1) is 24.2 Å². The van der Waals surface area contributed by atoms with E-state index in [0.29, 0.717) is 29.9 Å². The van der Waals surface area contributed by atoms with E-state index >= 15 is 0 Å². The van der Waals surface area contributed by atoms with Crippen LogP contribution in [-0.2, 0) is 6.42 Å². The van der Waals surface area contributed by atoms with Gasteiger partial charge in [-0.25, -0.2) is 9.67 Å². The second-order valence-corrected chi connectivity index (χ2v) is 7.01. The molecule has 2 heterocycles. The molecule has 0 aliphatic heterocycles. The normalized spacial score (nSPS) is 11.2. The number of hydrogen-bond donors (Lipinski definition) is 0. The highest BCUT2D eigenvalue weighted by Gasteiger charge is 2.16. The topological polar surface area (TPSA) is 61.9 Å². The highest BCUT2D eigenvalue weighted by Crippen LogP contribution is 2.20. The van der Waals surface area contributed by atoms with Gasteiger partial charge in [0.2, 0.25) is 0 Å². The Balaban J connectivity index is 1.89. The van der Waals surface area contributed by atoms with Crippen LogP contribution < -0.4 is 10.3 Å². The third kappa shape index (κ3) is 3.31. The smallest absolute Gasteiger partial charge is 0.269 e. The molecule has 0 N–H and O–H groups in total. The highest BCUT2D eigenvalue weighted by atomic mass is 16.5. The molecular formula is C23H24N4O2. The number of rotatable bonds is 5. The molecule has 0 fully saturated rings. The maximum Gasteiger partial charge on any atom is 0.269 e. The van der Waals surface area contributed by atoms with Gasteiger partial charge in [-0.1, -0.05) is 13.0 Å². The number of ether oxygens (including phenoxy) is 1. The number of aromatic nitrogens is 4. The second-order valence-electron chi connectivity index (χ2n) is 7.01. The fraction of sp³-hybridized carbons (Fsp3) is 0.261. The van der Waals surface area contributed by atoms with Crippen LogP contribution in [0.3, 0.4) is 0 Å². The van der Waals surface area contributed by atoms with E-state index in [2.05, 4.69) is 31.1 Å². The zero-order valence-corrected chi connectivity index (χ0v) is 17.1. The van der Waals surface area contributed by atoms with E-state index in [1.807, 2.05) is 44.2 Å². The first kappa shape index (κ1) is 18.9. The third-order valence-corrected chi connectivity index (χ3v) is 5.13. The molecule has 2 aromatic carbocycles. The summed E-state index contributed by atoms with van der Waals surface area (Å²) in [4.78, 5) is 18.1. The van der Waals surface area contributed by atoms with Crippen molar-refractivity contribution in [1.82, 2.24) is 19.3 Å². The molecule has 0 aliphatic carbocycles. The van der Waals surface area contributed by atoms with Crippen molar-refractivity contribution in [2.75, 3.05) is 6.61 Å². The first-order valence-electron chi connectivity index (χ1n) is 9.84. The summed E-state index contributed by atoms with van der Waals surface area (Å²) in [6, 6.07) is 13.6. The maximum absolute atomic E-state index is 13.3. The Labute approximate surface area is 169 Å². The van der Waals surface area contributed by atoms with Gasteiger partial charge in [0.1, 0.15) is 17.0 Å². The first-order valence-corrected chi connectivity index (χ1v) is 9.84. The Bertz CT molecular complexity index is 1240. The van der Waals surface area contributed by atoms with Crippen molar-refractivity contribution in [2.45, 2.75) is 34.1 Å². The minimum absolute atomic E-state index is 0.119. The molecule has 0 aliphatic rings. The molecule has 0 spiro atoms. The van der Waals surface area contributed by atoms with Crippen LogP contribution in [0.15, 0.2) is 53.5 Å². The predicted octanol–water partition coefficient (Wildman–Crippen LogP) is 4.15. The summed E-state index contributed by atoms with van der Waals surface area (Å²) in [5.41, 5.74) is 4.51. The van der Waals surface area contributed by atoms with E-state index in [1.165, 1.54) is 11.1 Å². The van der Waals surface area contributed by atoms with Crippen molar-refractivity contribution in [1.29, 1.82) is 0 Å². The predicted molar refractivity (Wildman–Crippen MR) is 114 cm³/mol. The van der Waals surface area contributed by atoms with Crippen molar-refractivity contribution < 1.29 is 4.74 Å². The van der Waals surface area contributed by atoms with Gasteiger partial charge in [-0.15, -0.1) is 0 Å². The van der Waals surface area contributed by atoms with E-state index in [4.69, 9.17) is 9.72 Å². The summed E-state index contributed by atoms with van der Waals surface area (Å²) in [5, 5.41) is 4.96. The largest absolute Gasteiger partial charge is 0.494 e. The standard InChI is InChI=1S/C23H24N4O2/c1-5-21-25-22-20(14-24-27(22)18-8-7-15(3)16(4)13-18)23(28)26(21)17-9-11-19(12-10-17)29-6-2/h7-14H,5-6H2,1-4H3. The van der Waals surface area contributed by atoms with E-state index < -0.39 is 0 Å². The molecule has 0 amide bonds. The first-order chi connectivity index (χ1) is 14.0. The molecule has 0 saturated carbocycles. The summed E-state index contributed by atoms with van der Waals surface area (Å²) in [6.45, 7) is 8.68. The summed E-state index contributed by atoms with van der Waals surface area (Å²) in [6.07, 6.45) is 2.22. The number of benzene rings is 2. The van der Waals surface area contributed by atoms with Gasteiger partial charge in [0.25, 0.3) is 5.56 Å². The van der Waals surface area contributed by atoms with Crippen LogP contribution in [0.4, 0.5) is 0 Å². The van der Waals surface area contributed by atoms with Crippen molar-refractivity contribution in [3.63, 3.8) is 0 Å². The molecule has 2 aromatic heterocycles. The lowest BCUT2D eigenvalue weighted by Gasteiger charge is -2.13. The van der Waals surface area contributed by atoms with Gasteiger partial charge in [-0.05, 0) is 68.3 Å². The number of fused-ring (bicyclic) bond motifs is 1. The molecule has 0 atom stereocenters. The van der Waals surface area contributed by atoms with Crippen LogP contribution in [0, 0.1) is 13.8 Å².